The van der Waals surface area contributed by atoms with Crippen molar-refractivity contribution in [2.45, 2.75) is 0 Å². The molecule has 0 saturated carbocycles. The Labute approximate surface area is 132 Å². The molecule has 22 heavy (non-hydrogen) atoms. The molecule has 2 rings (SSSR count). The summed E-state index contributed by atoms with van der Waals surface area (Å²) in [5.74, 6) is -0.815. The second kappa shape index (κ2) is 7.90. The molecule has 1 heterocycles. The van der Waals surface area contributed by atoms with Crippen molar-refractivity contribution in [3.8, 4) is 0 Å². The molecule has 0 aliphatic heterocycles. The molecule has 112 valence electrons. The SMILES string of the molecule is O=C(CNC(=O)c1cccc(Cl)c1)N/N=C\c1cccnc1. The Morgan fingerprint density at radius 3 is 2.86 bits per heavy atom. The number of carbonyl (C=O) groups is 2. The van der Waals surface area contributed by atoms with Gasteiger partial charge in [0.05, 0.1) is 12.8 Å². The summed E-state index contributed by atoms with van der Waals surface area (Å²) in [5.41, 5.74) is 3.45. The minimum absolute atomic E-state index is 0.185. The first kappa shape index (κ1) is 15.7. The van der Waals surface area contributed by atoms with Crippen LogP contribution in [0.4, 0.5) is 0 Å². The summed E-state index contributed by atoms with van der Waals surface area (Å²) >= 11 is 5.79. The zero-order chi connectivity index (χ0) is 15.8. The maximum absolute atomic E-state index is 11.8. The van der Waals surface area contributed by atoms with E-state index in [0.717, 1.165) is 5.56 Å². The number of rotatable bonds is 5. The Bertz CT molecular complexity index is 689. The third-order valence-electron chi connectivity index (χ3n) is 2.58. The van der Waals surface area contributed by atoms with Gasteiger partial charge in [-0.15, -0.1) is 0 Å². The molecule has 0 radical (unpaired) electrons. The first-order chi connectivity index (χ1) is 10.6. The molecule has 2 amide bonds. The molecule has 2 aromatic rings. The lowest BCUT2D eigenvalue weighted by Crippen LogP contribution is -2.34. The Kier molecular flexibility index (Phi) is 5.62. The number of benzene rings is 1. The smallest absolute Gasteiger partial charge is 0.259 e. The van der Waals surface area contributed by atoms with E-state index in [2.05, 4.69) is 20.8 Å². The maximum Gasteiger partial charge on any atom is 0.259 e. The first-order valence-electron chi connectivity index (χ1n) is 6.41. The monoisotopic (exact) mass is 316 g/mol. The van der Waals surface area contributed by atoms with Gasteiger partial charge in [0.15, 0.2) is 0 Å². The van der Waals surface area contributed by atoms with E-state index < -0.39 is 5.91 Å². The van der Waals surface area contributed by atoms with Gasteiger partial charge in [-0.25, -0.2) is 5.43 Å². The van der Waals surface area contributed by atoms with Crippen LogP contribution in [-0.2, 0) is 4.79 Å². The molecule has 1 aromatic carbocycles. The summed E-state index contributed by atoms with van der Waals surface area (Å²) in [6.45, 7) is -0.185. The largest absolute Gasteiger partial charge is 0.343 e. The van der Waals surface area contributed by atoms with Crippen molar-refractivity contribution in [2.24, 2.45) is 5.10 Å². The predicted octanol–water partition coefficient (Wildman–Crippen LogP) is 1.62. The standard InChI is InChI=1S/C15H13ClN4O2/c16-13-5-1-4-12(7-13)15(22)18-10-14(21)20-19-9-11-3-2-6-17-8-11/h1-9H,10H2,(H,18,22)(H,20,21)/b19-9-. The van der Waals surface area contributed by atoms with E-state index in [1.807, 2.05) is 0 Å². The van der Waals surface area contributed by atoms with Crippen molar-refractivity contribution in [3.05, 3.63) is 64.9 Å². The Balaban J connectivity index is 1.78. The number of nitrogens with zero attached hydrogens (tertiary/aromatic N) is 2. The van der Waals surface area contributed by atoms with Crippen molar-refractivity contribution in [1.82, 2.24) is 15.7 Å². The number of hydrogen-bond acceptors (Lipinski definition) is 4. The van der Waals surface area contributed by atoms with Gasteiger partial charge < -0.3 is 5.32 Å². The van der Waals surface area contributed by atoms with Crippen molar-refractivity contribution < 1.29 is 9.59 Å². The van der Waals surface area contributed by atoms with Crippen LogP contribution < -0.4 is 10.7 Å². The Morgan fingerprint density at radius 1 is 1.27 bits per heavy atom. The minimum Gasteiger partial charge on any atom is -0.343 e. The summed E-state index contributed by atoms with van der Waals surface area (Å²) in [7, 11) is 0. The quantitative estimate of drug-likeness (QED) is 0.649. The molecule has 0 unspecified atom stereocenters. The fourth-order valence-corrected chi connectivity index (χ4v) is 1.75. The highest BCUT2D eigenvalue weighted by Crippen LogP contribution is 2.10. The molecular formula is C15H13ClN4O2. The number of carbonyl (C=O) groups excluding carboxylic acids is 2. The molecular weight excluding hydrogens is 304 g/mol. The summed E-state index contributed by atoms with van der Waals surface area (Å²) in [4.78, 5) is 27.3. The molecule has 0 aliphatic rings. The number of hydrazone groups is 1. The highest BCUT2D eigenvalue weighted by molar-refractivity contribution is 6.30. The minimum atomic E-state index is -0.435. The molecule has 0 aliphatic carbocycles. The zero-order valence-electron chi connectivity index (χ0n) is 11.5. The summed E-state index contributed by atoms with van der Waals surface area (Å²) in [6.07, 6.45) is 4.71. The normalized spacial score (nSPS) is 10.4. The Hall–Kier alpha value is -2.73. The number of hydrogen-bond donors (Lipinski definition) is 2. The third kappa shape index (κ3) is 4.99. The second-order valence-electron chi connectivity index (χ2n) is 4.27. The summed E-state index contributed by atoms with van der Waals surface area (Å²) in [5, 5.41) is 6.70. The highest BCUT2D eigenvalue weighted by Gasteiger charge is 2.07. The van der Waals surface area contributed by atoms with Gasteiger partial charge >= 0.3 is 0 Å². The van der Waals surface area contributed by atoms with E-state index in [1.54, 1.807) is 42.7 Å². The number of amides is 2. The van der Waals surface area contributed by atoms with Gasteiger partial charge in [0.1, 0.15) is 0 Å². The van der Waals surface area contributed by atoms with E-state index >= 15 is 0 Å². The molecule has 1 aromatic heterocycles. The first-order valence-corrected chi connectivity index (χ1v) is 6.78. The molecule has 0 bridgehead atoms. The topological polar surface area (TPSA) is 83.5 Å². The van der Waals surface area contributed by atoms with Gasteiger partial charge in [0.25, 0.3) is 11.8 Å². The fourth-order valence-electron chi connectivity index (χ4n) is 1.56. The van der Waals surface area contributed by atoms with Crippen LogP contribution in [-0.4, -0.2) is 29.6 Å². The van der Waals surface area contributed by atoms with E-state index in [1.165, 1.54) is 12.3 Å². The number of aromatic nitrogens is 1. The lowest BCUT2D eigenvalue weighted by atomic mass is 10.2. The van der Waals surface area contributed by atoms with Gasteiger partial charge in [0, 0.05) is 28.5 Å². The molecule has 0 fully saturated rings. The zero-order valence-corrected chi connectivity index (χ0v) is 12.2. The van der Waals surface area contributed by atoms with Crippen LogP contribution in [0.5, 0.6) is 0 Å². The van der Waals surface area contributed by atoms with Crippen LogP contribution in [0.2, 0.25) is 5.02 Å². The van der Waals surface area contributed by atoms with E-state index in [4.69, 9.17) is 11.6 Å². The van der Waals surface area contributed by atoms with Crippen LogP contribution in [0.1, 0.15) is 15.9 Å². The summed E-state index contributed by atoms with van der Waals surface area (Å²) < 4.78 is 0. The summed E-state index contributed by atoms with van der Waals surface area (Å²) in [6, 6.07) is 10.0. The van der Waals surface area contributed by atoms with Gasteiger partial charge in [-0.05, 0) is 24.3 Å². The Morgan fingerprint density at radius 2 is 2.14 bits per heavy atom. The van der Waals surface area contributed by atoms with Crippen molar-refractivity contribution in [1.29, 1.82) is 0 Å². The van der Waals surface area contributed by atoms with Crippen LogP contribution in [0, 0.1) is 0 Å². The van der Waals surface area contributed by atoms with Crippen molar-refractivity contribution >= 4 is 29.6 Å². The fraction of sp³-hybridized carbons (Fsp3) is 0.0667. The van der Waals surface area contributed by atoms with E-state index in [9.17, 15) is 9.59 Å². The number of halogens is 1. The lowest BCUT2D eigenvalue weighted by Gasteiger charge is -2.04. The van der Waals surface area contributed by atoms with Gasteiger partial charge in [-0.1, -0.05) is 23.7 Å². The molecule has 7 heteroatoms. The lowest BCUT2D eigenvalue weighted by molar-refractivity contribution is -0.120. The van der Waals surface area contributed by atoms with Gasteiger partial charge in [-0.2, -0.15) is 5.10 Å². The van der Waals surface area contributed by atoms with Crippen molar-refractivity contribution in [2.75, 3.05) is 6.54 Å². The third-order valence-corrected chi connectivity index (χ3v) is 2.82. The van der Waals surface area contributed by atoms with Crippen LogP contribution >= 0.6 is 11.6 Å². The molecule has 6 nitrogen and oxygen atoms in total. The number of nitrogens with one attached hydrogen (secondary N) is 2. The average molecular weight is 317 g/mol. The molecule has 0 atom stereocenters. The van der Waals surface area contributed by atoms with Crippen LogP contribution in [0.25, 0.3) is 0 Å². The number of pyridine rings is 1. The van der Waals surface area contributed by atoms with Crippen LogP contribution in [0.3, 0.4) is 0 Å². The van der Waals surface area contributed by atoms with E-state index in [-0.39, 0.29) is 12.5 Å². The predicted molar refractivity (Wildman–Crippen MR) is 83.8 cm³/mol. The van der Waals surface area contributed by atoms with E-state index in [0.29, 0.717) is 10.6 Å². The van der Waals surface area contributed by atoms with Crippen molar-refractivity contribution in [3.63, 3.8) is 0 Å². The second-order valence-corrected chi connectivity index (χ2v) is 4.71. The van der Waals surface area contributed by atoms with Gasteiger partial charge in [-0.3, -0.25) is 14.6 Å². The molecule has 0 spiro atoms. The molecule has 0 saturated heterocycles. The maximum atomic E-state index is 11.8. The highest BCUT2D eigenvalue weighted by atomic mass is 35.5. The molecule has 2 N–H and O–H groups in total. The van der Waals surface area contributed by atoms with Crippen LogP contribution in [0.15, 0.2) is 53.9 Å². The van der Waals surface area contributed by atoms with Gasteiger partial charge in [0.2, 0.25) is 0 Å². The average Bonchev–Trinajstić information content (AvgIpc) is 2.53.